The van der Waals surface area contributed by atoms with Crippen LogP contribution in [0.5, 0.6) is 0 Å². The lowest BCUT2D eigenvalue weighted by Gasteiger charge is -2.33. The van der Waals surface area contributed by atoms with Crippen molar-refractivity contribution < 1.29 is 14.1 Å². The number of piperazine rings is 1. The Kier molecular flexibility index (Phi) is 5.32. The van der Waals surface area contributed by atoms with Crippen LogP contribution in [-0.4, -0.2) is 47.5 Å². The van der Waals surface area contributed by atoms with Crippen molar-refractivity contribution in [3.8, 4) is 0 Å². The van der Waals surface area contributed by atoms with Crippen LogP contribution < -0.4 is 10.6 Å². The summed E-state index contributed by atoms with van der Waals surface area (Å²) in [6, 6.07) is 1.37. The van der Waals surface area contributed by atoms with E-state index in [2.05, 4.69) is 22.7 Å². The Morgan fingerprint density at radius 2 is 2.43 bits per heavy atom. The Balaban J connectivity index is 2.03. The second-order valence-corrected chi connectivity index (χ2v) is 5.29. The van der Waals surface area contributed by atoms with Gasteiger partial charge in [0.1, 0.15) is 5.76 Å². The maximum absolute atomic E-state index is 12.5. The van der Waals surface area contributed by atoms with Gasteiger partial charge in [-0.15, -0.1) is 0 Å². The van der Waals surface area contributed by atoms with Gasteiger partial charge in [0.2, 0.25) is 11.8 Å². The number of carbonyl (C=O) groups excluding carboxylic acids is 2. The minimum absolute atomic E-state index is 0.0344. The summed E-state index contributed by atoms with van der Waals surface area (Å²) in [5.74, 6) is 0.896. The van der Waals surface area contributed by atoms with E-state index in [1.54, 1.807) is 13.0 Å². The molecule has 7 nitrogen and oxygen atoms in total. The SMILES string of the molecule is CCCCC(C(=O)Nc1cc(C)on1)N1CCNC(=O)C1. The van der Waals surface area contributed by atoms with Gasteiger partial charge in [-0.1, -0.05) is 24.9 Å². The molecule has 0 bridgehead atoms. The number of hydrogen-bond donors (Lipinski definition) is 2. The van der Waals surface area contributed by atoms with E-state index in [0.29, 0.717) is 24.7 Å². The summed E-state index contributed by atoms with van der Waals surface area (Å²) in [6.07, 6.45) is 2.67. The first kappa shape index (κ1) is 15.5. The highest BCUT2D eigenvalue weighted by atomic mass is 16.5. The molecule has 21 heavy (non-hydrogen) atoms. The lowest BCUT2D eigenvalue weighted by Crippen LogP contribution is -2.54. The van der Waals surface area contributed by atoms with Crippen LogP contribution in [-0.2, 0) is 9.59 Å². The van der Waals surface area contributed by atoms with E-state index in [-0.39, 0.29) is 24.4 Å². The Labute approximate surface area is 124 Å². The average Bonchev–Trinajstić information content (AvgIpc) is 2.84. The number of rotatable bonds is 6. The van der Waals surface area contributed by atoms with Crippen LogP contribution in [0, 0.1) is 6.92 Å². The topological polar surface area (TPSA) is 87.5 Å². The highest BCUT2D eigenvalue weighted by molar-refractivity contribution is 5.94. The summed E-state index contributed by atoms with van der Waals surface area (Å²) >= 11 is 0. The first-order chi connectivity index (χ1) is 10.1. The standard InChI is InChI=1S/C14H22N4O3/c1-3-4-5-11(18-7-6-15-13(19)9-18)14(20)16-12-8-10(2)21-17-12/h8,11H,3-7,9H2,1-2H3,(H,15,19)(H,16,17,20). The summed E-state index contributed by atoms with van der Waals surface area (Å²) in [6.45, 7) is 5.38. The molecule has 116 valence electrons. The molecule has 2 rings (SSSR count). The predicted octanol–water partition coefficient (Wildman–Crippen LogP) is 0.912. The van der Waals surface area contributed by atoms with E-state index >= 15 is 0 Å². The minimum Gasteiger partial charge on any atom is -0.360 e. The van der Waals surface area contributed by atoms with E-state index < -0.39 is 0 Å². The molecular weight excluding hydrogens is 272 g/mol. The van der Waals surface area contributed by atoms with Crippen molar-refractivity contribution in [2.24, 2.45) is 0 Å². The molecule has 1 aliphatic rings. The van der Waals surface area contributed by atoms with E-state index in [9.17, 15) is 9.59 Å². The third-order valence-corrected chi connectivity index (χ3v) is 3.52. The smallest absolute Gasteiger partial charge is 0.242 e. The number of nitrogens with zero attached hydrogens (tertiary/aromatic N) is 2. The van der Waals surface area contributed by atoms with Crippen LogP contribution in [0.15, 0.2) is 10.6 Å². The average molecular weight is 294 g/mol. The van der Waals surface area contributed by atoms with Crippen molar-refractivity contribution in [1.29, 1.82) is 0 Å². The van der Waals surface area contributed by atoms with Crippen molar-refractivity contribution in [2.75, 3.05) is 25.0 Å². The number of unbranched alkanes of at least 4 members (excludes halogenated alkanes) is 1. The van der Waals surface area contributed by atoms with Gasteiger partial charge in [-0.05, 0) is 13.3 Å². The molecule has 1 aromatic rings. The van der Waals surface area contributed by atoms with Crippen LogP contribution in [0.4, 0.5) is 5.82 Å². The molecule has 1 aromatic heterocycles. The molecular formula is C14H22N4O3. The molecule has 0 spiro atoms. The van der Waals surface area contributed by atoms with Crippen LogP contribution in [0.3, 0.4) is 0 Å². The molecule has 2 N–H and O–H groups in total. The number of aryl methyl sites for hydroxylation is 1. The summed E-state index contributed by atoms with van der Waals surface area (Å²) in [5, 5.41) is 9.32. The number of aromatic nitrogens is 1. The van der Waals surface area contributed by atoms with Crippen LogP contribution in [0.1, 0.15) is 31.9 Å². The third-order valence-electron chi connectivity index (χ3n) is 3.52. The maximum atomic E-state index is 12.5. The Bertz CT molecular complexity index is 500. The molecule has 7 heteroatoms. The van der Waals surface area contributed by atoms with Gasteiger partial charge in [-0.2, -0.15) is 0 Å². The van der Waals surface area contributed by atoms with Crippen molar-refractivity contribution in [3.63, 3.8) is 0 Å². The largest absolute Gasteiger partial charge is 0.360 e. The lowest BCUT2D eigenvalue weighted by molar-refractivity contribution is -0.128. The maximum Gasteiger partial charge on any atom is 0.242 e. The fraction of sp³-hybridized carbons (Fsp3) is 0.643. The third kappa shape index (κ3) is 4.29. The molecule has 0 aliphatic carbocycles. The number of hydrogen-bond acceptors (Lipinski definition) is 5. The van der Waals surface area contributed by atoms with Crippen molar-refractivity contribution in [3.05, 3.63) is 11.8 Å². The Hall–Kier alpha value is -1.89. The van der Waals surface area contributed by atoms with Gasteiger partial charge >= 0.3 is 0 Å². The molecule has 1 atom stereocenters. The van der Waals surface area contributed by atoms with Gasteiger partial charge in [-0.3, -0.25) is 14.5 Å². The highest BCUT2D eigenvalue weighted by Gasteiger charge is 2.29. The van der Waals surface area contributed by atoms with Crippen molar-refractivity contribution in [2.45, 2.75) is 39.2 Å². The quantitative estimate of drug-likeness (QED) is 0.814. The molecule has 2 heterocycles. The second-order valence-electron chi connectivity index (χ2n) is 5.29. The number of anilines is 1. The van der Waals surface area contributed by atoms with E-state index in [4.69, 9.17) is 4.52 Å². The van der Waals surface area contributed by atoms with Gasteiger partial charge < -0.3 is 15.2 Å². The predicted molar refractivity (Wildman–Crippen MR) is 77.8 cm³/mol. The molecule has 1 saturated heterocycles. The zero-order chi connectivity index (χ0) is 15.2. The number of amides is 2. The molecule has 2 amide bonds. The lowest BCUT2D eigenvalue weighted by atomic mass is 10.1. The van der Waals surface area contributed by atoms with Crippen molar-refractivity contribution >= 4 is 17.6 Å². The molecule has 0 aromatic carbocycles. The number of carbonyl (C=O) groups is 2. The van der Waals surface area contributed by atoms with Gasteiger partial charge in [0.05, 0.1) is 12.6 Å². The fourth-order valence-electron chi connectivity index (χ4n) is 2.44. The molecule has 1 unspecified atom stereocenters. The van der Waals surface area contributed by atoms with Crippen LogP contribution in [0.2, 0.25) is 0 Å². The van der Waals surface area contributed by atoms with E-state index in [0.717, 1.165) is 19.3 Å². The Morgan fingerprint density at radius 1 is 1.62 bits per heavy atom. The fourth-order valence-corrected chi connectivity index (χ4v) is 2.44. The Morgan fingerprint density at radius 3 is 3.05 bits per heavy atom. The number of nitrogens with one attached hydrogen (secondary N) is 2. The van der Waals surface area contributed by atoms with Crippen LogP contribution >= 0.6 is 0 Å². The van der Waals surface area contributed by atoms with Gasteiger partial charge in [0.25, 0.3) is 0 Å². The monoisotopic (exact) mass is 294 g/mol. The van der Waals surface area contributed by atoms with Gasteiger partial charge in [0, 0.05) is 19.2 Å². The van der Waals surface area contributed by atoms with E-state index in [1.807, 2.05) is 4.90 Å². The molecule has 0 saturated carbocycles. The normalized spacial score (nSPS) is 17.3. The summed E-state index contributed by atoms with van der Waals surface area (Å²) in [7, 11) is 0. The zero-order valence-corrected chi connectivity index (χ0v) is 12.5. The molecule has 1 fully saturated rings. The zero-order valence-electron chi connectivity index (χ0n) is 12.5. The molecule has 0 radical (unpaired) electrons. The molecule has 1 aliphatic heterocycles. The summed E-state index contributed by atoms with van der Waals surface area (Å²) < 4.78 is 4.95. The summed E-state index contributed by atoms with van der Waals surface area (Å²) in [4.78, 5) is 25.9. The van der Waals surface area contributed by atoms with Crippen LogP contribution in [0.25, 0.3) is 0 Å². The van der Waals surface area contributed by atoms with Gasteiger partial charge in [0.15, 0.2) is 5.82 Å². The van der Waals surface area contributed by atoms with Crippen molar-refractivity contribution in [1.82, 2.24) is 15.4 Å². The highest BCUT2D eigenvalue weighted by Crippen LogP contribution is 2.14. The summed E-state index contributed by atoms with van der Waals surface area (Å²) in [5.41, 5.74) is 0. The second kappa shape index (κ2) is 7.21. The van der Waals surface area contributed by atoms with E-state index in [1.165, 1.54) is 0 Å². The van der Waals surface area contributed by atoms with Gasteiger partial charge in [-0.25, -0.2) is 0 Å². The minimum atomic E-state index is -0.312. The first-order valence-corrected chi connectivity index (χ1v) is 7.35. The first-order valence-electron chi connectivity index (χ1n) is 7.35.